The second kappa shape index (κ2) is 4.42. The first kappa shape index (κ1) is 12.6. The van der Waals surface area contributed by atoms with Crippen molar-refractivity contribution in [1.29, 1.82) is 0 Å². The molecule has 94 valence electrons. The fourth-order valence-electron chi connectivity index (χ4n) is 2.43. The van der Waals surface area contributed by atoms with Crippen LogP contribution < -0.4 is 5.73 Å². The summed E-state index contributed by atoms with van der Waals surface area (Å²) in [6.07, 6.45) is 4.45. The van der Waals surface area contributed by atoms with E-state index in [2.05, 4.69) is 12.1 Å². The largest absolute Gasteiger partial charge is 0.325 e. The smallest absolute Gasteiger partial charge is 0.147 e. The summed E-state index contributed by atoms with van der Waals surface area (Å²) in [6.45, 7) is 0. The molecule has 1 aliphatic rings. The van der Waals surface area contributed by atoms with Gasteiger partial charge in [-0.15, -0.1) is 0 Å². The van der Waals surface area contributed by atoms with Crippen molar-refractivity contribution in [2.75, 3.05) is 12.0 Å². The van der Waals surface area contributed by atoms with E-state index in [1.165, 1.54) is 17.4 Å². The number of hydrogen-bond acceptors (Lipinski definition) is 3. The Morgan fingerprint density at radius 1 is 1.29 bits per heavy atom. The highest BCUT2D eigenvalue weighted by atomic mass is 32.2. The minimum absolute atomic E-state index is 0.186. The Kier molecular flexibility index (Phi) is 3.27. The molecule has 0 heterocycles. The molecule has 1 unspecified atom stereocenters. The second-order valence-electron chi connectivity index (χ2n) is 5.19. The number of hydrogen-bond donors (Lipinski definition) is 1. The molecule has 0 amide bonds. The zero-order valence-electron chi connectivity index (χ0n) is 10.1. The molecule has 4 heteroatoms. The van der Waals surface area contributed by atoms with Crippen LogP contribution in [0.15, 0.2) is 24.3 Å². The molecule has 0 aromatic heterocycles. The number of aryl methyl sites for hydroxylation is 1. The van der Waals surface area contributed by atoms with Crippen molar-refractivity contribution in [3.63, 3.8) is 0 Å². The number of rotatable bonds is 3. The van der Waals surface area contributed by atoms with Gasteiger partial charge in [0, 0.05) is 11.8 Å². The molecular formula is C13H19NO2S. The van der Waals surface area contributed by atoms with E-state index in [1.807, 2.05) is 12.1 Å². The van der Waals surface area contributed by atoms with Crippen molar-refractivity contribution in [2.24, 2.45) is 5.73 Å². The van der Waals surface area contributed by atoms with Gasteiger partial charge in [-0.2, -0.15) is 0 Å². The van der Waals surface area contributed by atoms with Crippen molar-refractivity contribution >= 4 is 9.84 Å². The van der Waals surface area contributed by atoms with Crippen molar-refractivity contribution < 1.29 is 8.42 Å². The van der Waals surface area contributed by atoms with Gasteiger partial charge in [-0.25, -0.2) is 8.42 Å². The van der Waals surface area contributed by atoms with Crippen molar-refractivity contribution in [3.05, 3.63) is 35.4 Å². The van der Waals surface area contributed by atoms with E-state index in [1.54, 1.807) is 0 Å². The zero-order chi connectivity index (χ0) is 12.5. The molecule has 1 aromatic carbocycles. The average Bonchev–Trinajstić information content (AvgIpc) is 2.26. The van der Waals surface area contributed by atoms with Crippen molar-refractivity contribution in [2.45, 2.75) is 31.2 Å². The SMILES string of the molecule is CS(=O)(=O)CCC1(N)CCc2ccccc2C1. The summed E-state index contributed by atoms with van der Waals surface area (Å²) in [7, 11) is -2.92. The van der Waals surface area contributed by atoms with E-state index in [-0.39, 0.29) is 11.3 Å². The van der Waals surface area contributed by atoms with E-state index >= 15 is 0 Å². The van der Waals surface area contributed by atoms with Crippen LogP contribution in [0.4, 0.5) is 0 Å². The Labute approximate surface area is 103 Å². The quantitative estimate of drug-likeness (QED) is 0.883. The summed E-state index contributed by atoms with van der Waals surface area (Å²) < 4.78 is 22.4. The Morgan fingerprint density at radius 2 is 1.94 bits per heavy atom. The molecule has 0 saturated carbocycles. The second-order valence-corrected chi connectivity index (χ2v) is 7.45. The predicted octanol–water partition coefficient (Wildman–Crippen LogP) is 1.31. The first-order valence-corrected chi connectivity index (χ1v) is 7.97. The third-order valence-corrected chi connectivity index (χ3v) is 4.47. The molecule has 0 spiro atoms. The lowest BCUT2D eigenvalue weighted by Crippen LogP contribution is -2.46. The van der Waals surface area contributed by atoms with Crippen LogP contribution in [0.25, 0.3) is 0 Å². The zero-order valence-corrected chi connectivity index (χ0v) is 11.0. The maximum absolute atomic E-state index is 11.2. The topological polar surface area (TPSA) is 60.2 Å². The van der Waals surface area contributed by atoms with Gasteiger partial charge in [-0.05, 0) is 36.8 Å². The molecule has 0 fully saturated rings. The van der Waals surface area contributed by atoms with Crippen LogP contribution in [-0.2, 0) is 22.7 Å². The number of nitrogens with two attached hydrogens (primary N) is 1. The molecule has 0 bridgehead atoms. The van der Waals surface area contributed by atoms with E-state index in [0.717, 1.165) is 19.3 Å². The summed E-state index contributed by atoms with van der Waals surface area (Å²) in [4.78, 5) is 0. The fraction of sp³-hybridized carbons (Fsp3) is 0.538. The summed E-state index contributed by atoms with van der Waals surface area (Å²) in [6, 6.07) is 8.28. The van der Waals surface area contributed by atoms with Gasteiger partial charge in [-0.1, -0.05) is 24.3 Å². The first-order valence-electron chi connectivity index (χ1n) is 5.91. The molecule has 0 saturated heterocycles. The van der Waals surface area contributed by atoms with E-state index in [4.69, 9.17) is 5.73 Å². The molecule has 1 aromatic rings. The van der Waals surface area contributed by atoms with Crippen LogP contribution in [0, 0.1) is 0 Å². The lowest BCUT2D eigenvalue weighted by Gasteiger charge is -2.34. The summed E-state index contributed by atoms with van der Waals surface area (Å²) in [5, 5.41) is 0. The molecular weight excluding hydrogens is 234 g/mol. The van der Waals surface area contributed by atoms with Gasteiger partial charge in [0.2, 0.25) is 0 Å². The third kappa shape index (κ3) is 3.30. The highest BCUT2D eigenvalue weighted by molar-refractivity contribution is 7.90. The molecule has 0 aliphatic heterocycles. The Hall–Kier alpha value is -0.870. The van der Waals surface area contributed by atoms with Crippen LogP contribution in [0.3, 0.4) is 0 Å². The van der Waals surface area contributed by atoms with Gasteiger partial charge in [0.15, 0.2) is 0 Å². The lowest BCUT2D eigenvalue weighted by atomic mass is 9.77. The van der Waals surface area contributed by atoms with Gasteiger partial charge in [0.25, 0.3) is 0 Å². The standard InChI is InChI=1S/C13H19NO2S/c1-17(15,16)9-8-13(14)7-6-11-4-2-3-5-12(11)10-13/h2-5H,6-10,14H2,1H3. The van der Waals surface area contributed by atoms with Crippen LogP contribution in [0.2, 0.25) is 0 Å². The predicted molar refractivity (Wildman–Crippen MR) is 69.7 cm³/mol. The number of sulfone groups is 1. The Balaban J connectivity index is 2.10. The number of benzene rings is 1. The minimum Gasteiger partial charge on any atom is -0.325 e. The van der Waals surface area contributed by atoms with E-state index in [0.29, 0.717) is 6.42 Å². The van der Waals surface area contributed by atoms with Crippen LogP contribution in [-0.4, -0.2) is 26.0 Å². The summed E-state index contributed by atoms with van der Waals surface area (Å²) >= 11 is 0. The van der Waals surface area contributed by atoms with Gasteiger partial charge in [-0.3, -0.25) is 0 Å². The fourth-order valence-corrected chi connectivity index (χ4v) is 3.20. The van der Waals surface area contributed by atoms with Gasteiger partial charge in [0.1, 0.15) is 9.84 Å². The normalized spacial score (nSPS) is 24.4. The van der Waals surface area contributed by atoms with Crippen molar-refractivity contribution in [1.82, 2.24) is 0 Å². The molecule has 3 nitrogen and oxygen atoms in total. The third-order valence-electron chi connectivity index (χ3n) is 3.52. The molecule has 0 radical (unpaired) electrons. The molecule has 2 N–H and O–H groups in total. The molecule has 2 rings (SSSR count). The monoisotopic (exact) mass is 253 g/mol. The highest BCUT2D eigenvalue weighted by Gasteiger charge is 2.30. The van der Waals surface area contributed by atoms with Crippen molar-refractivity contribution in [3.8, 4) is 0 Å². The molecule has 17 heavy (non-hydrogen) atoms. The van der Waals surface area contributed by atoms with Gasteiger partial charge < -0.3 is 5.73 Å². The van der Waals surface area contributed by atoms with E-state index < -0.39 is 9.84 Å². The van der Waals surface area contributed by atoms with Crippen LogP contribution >= 0.6 is 0 Å². The lowest BCUT2D eigenvalue weighted by molar-refractivity contribution is 0.360. The molecule has 1 atom stereocenters. The highest BCUT2D eigenvalue weighted by Crippen LogP contribution is 2.29. The minimum atomic E-state index is -2.92. The average molecular weight is 253 g/mol. The van der Waals surface area contributed by atoms with Crippen LogP contribution in [0.1, 0.15) is 24.0 Å². The van der Waals surface area contributed by atoms with Gasteiger partial charge >= 0.3 is 0 Å². The van der Waals surface area contributed by atoms with E-state index in [9.17, 15) is 8.42 Å². The van der Waals surface area contributed by atoms with Gasteiger partial charge in [0.05, 0.1) is 5.75 Å². The number of fused-ring (bicyclic) bond motifs is 1. The Bertz CT molecular complexity index is 510. The Morgan fingerprint density at radius 3 is 2.59 bits per heavy atom. The maximum Gasteiger partial charge on any atom is 0.147 e. The maximum atomic E-state index is 11.2. The first-order chi connectivity index (χ1) is 7.88. The summed E-state index contributed by atoms with van der Waals surface area (Å²) in [5.41, 5.74) is 8.59. The van der Waals surface area contributed by atoms with Crippen LogP contribution in [0.5, 0.6) is 0 Å². The molecule has 1 aliphatic carbocycles. The summed E-state index contributed by atoms with van der Waals surface area (Å²) in [5.74, 6) is 0.186.